The van der Waals surface area contributed by atoms with E-state index >= 15 is 0 Å². The summed E-state index contributed by atoms with van der Waals surface area (Å²) in [6.07, 6.45) is 1.90. The molecule has 114 valence electrons. The second kappa shape index (κ2) is 7.53. The van der Waals surface area contributed by atoms with E-state index in [2.05, 4.69) is 26.6 Å². The average Bonchev–Trinajstić information content (AvgIpc) is 2.48. The molecule has 1 heterocycles. The molecular weight excluding hydrogens is 340 g/mol. The summed E-state index contributed by atoms with van der Waals surface area (Å²) in [6, 6.07) is 4.64. The number of piperidine rings is 1. The fourth-order valence-electron chi connectivity index (χ4n) is 2.12. The Labute approximate surface area is 131 Å². The Balaban J connectivity index is 1.87. The van der Waals surface area contributed by atoms with Gasteiger partial charge in [-0.25, -0.2) is 4.79 Å². The van der Waals surface area contributed by atoms with Gasteiger partial charge in [0.15, 0.2) is 0 Å². The molecule has 1 aliphatic heterocycles. The van der Waals surface area contributed by atoms with E-state index in [1.54, 1.807) is 12.1 Å². The van der Waals surface area contributed by atoms with Gasteiger partial charge in [0.2, 0.25) is 5.91 Å². The average molecular weight is 357 g/mol. The van der Waals surface area contributed by atoms with Crippen LogP contribution < -0.4 is 10.6 Å². The van der Waals surface area contributed by atoms with Gasteiger partial charge in [0.1, 0.15) is 6.61 Å². The largest absolute Gasteiger partial charge is 0.478 e. The number of carbonyl (C=O) groups is 2. The molecule has 1 aromatic carbocycles. The zero-order valence-corrected chi connectivity index (χ0v) is 13.0. The Morgan fingerprint density at radius 3 is 2.76 bits per heavy atom. The van der Waals surface area contributed by atoms with Gasteiger partial charge in [-0.15, -0.1) is 0 Å². The van der Waals surface area contributed by atoms with Gasteiger partial charge in [0.25, 0.3) is 0 Å². The summed E-state index contributed by atoms with van der Waals surface area (Å²) >= 11 is 3.16. The molecule has 0 aliphatic carbocycles. The SMILES string of the molecule is O=C(COC1CCNCC1)Nc1ccc(Br)c(C(=O)O)c1. The van der Waals surface area contributed by atoms with E-state index in [1.807, 2.05) is 0 Å². The van der Waals surface area contributed by atoms with Crippen molar-refractivity contribution in [3.8, 4) is 0 Å². The van der Waals surface area contributed by atoms with Gasteiger partial charge in [0.05, 0.1) is 11.7 Å². The highest BCUT2D eigenvalue weighted by Gasteiger charge is 2.15. The Hall–Kier alpha value is -1.44. The smallest absolute Gasteiger partial charge is 0.336 e. The standard InChI is InChI=1S/C14H17BrN2O4/c15-12-2-1-9(7-11(12)14(19)20)17-13(18)8-21-10-3-5-16-6-4-10/h1-2,7,10,16H,3-6,8H2,(H,17,18)(H,19,20). The van der Waals surface area contributed by atoms with Crippen LogP contribution in [0.4, 0.5) is 5.69 Å². The maximum absolute atomic E-state index is 11.8. The molecule has 0 unspecified atom stereocenters. The number of hydrogen-bond acceptors (Lipinski definition) is 4. The zero-order valence-electron chi connectivity index (χ0n) is 11.4. The van der Waals surface area contributed by atoms with Crippen molar-refractivity contribution in [2.75, 3.05) is 25.0 Å². The number of halogens is 1. The van der Waals surface area contributed by atoms with Crippen LogP contribution in [-0.4, -0.2) is 42.8 Å². The highest BCUT2D eigenvalue weighted by atomic mass is 79.9. The quantitative estimate of drug-likeness (QED) is 0.749. The van der Waals surface area contributed by atoms with Crippen LogP contribution >= 0.6 is 15.9 Å². The normalized spacial score (nSPS) is 15.7. The molecule has 7 heteroatoms. The van der Waals surface area contributed by atoms with E-state index in [1.165, 1.54) is 6.07 Å². The third-order valence-corrected chi connectivity index (χ3v) is 3.91. The van der Waals surface area contributed by atoms with Crippen molar-refractivity contribution in [2.45, 2.75) is 18.9 Å². The van der Waals surface area contributed by atoms with Crippen molar-refractivity contribution in [1.29, 1.82) is 0 Å². The number of carboxylic acids is 1. The third-order valence-electron chi connectivity index (χ3n) is 3.22. The van der Waals surface area contributed by atoms with Crippen LogP contribution in [0.2, 0.25) is 0 Å². The molecule has 0 aromatic heterocycles. The summed E-state index contributed by atoms with van der Waals surface area (Å²) in [5.74, 6) is -1.34. The highest BCUT2D eigenvalue weighted by Crippen LogP contribution is 2.21. The van der Waals surface area contributed by atoms with Crippen molar-refractivity contribution >= 4 is 33.5 Å². The number of carboxylic acid groups (broad SMARTS) is 1. The third kappa shape index (κ3) is 4.80. The van der Waals surface area contributed by atoms with Crippen LogP contribution in [0.5, 0.6) is 0 Å². The lowest BCUT2D eigenvalue weighted by Crippen LogP contribution is -2.34. The number of nitrogens with one attached hydrogen (secondary N) is 2. The van der Waals surface area contributed by atoms with E-state index < -0.39 is 5.97 Å². The predicted octanol–water partition coefficient (Wildman–Crippen LogP) is 1.85. The number of aromatic carboxylic acids is 1. The monoisotopic (exact) mass is 356 g/mol. The fraction of sp³-hybridized carbons (Fsp3) is 0.429. The molecule has 6 nitrogen and oxygen atoms in total. The minimum atomic E-state index is -1.05. The Kier molecular flexibility index (Phi) is 5.72. The van der Waals surface area contributed by atoms with Gasteiger partial charge in [-0.3, -0.25) is 4.79 Å². The van der Waals surface area contributed by atoms with Gasteiger partial charge in [-0.1, -0.05) is 0 Å². The first-order valence-corrected chi connectivity index (χ1v) is 7.50. The van der Waals surface area contributed by atoms with Crippen molar-refractivity contribution in [1.82, 2.24) is 5.32 Å². The van der Waals surface area contributed by atoms with Crippen molar-refractivity contribution in [3.63, 3.8) is 0 Å². The van der Waals surface area contributed by atoms with E-state index in [0.717, 1.165) is 25.9 Å². The van der Waals surface area contributed by atoms with Crippen molar-refractivity contribution in [3.05, 3.63) is 28.2 Å². The summed E-state index contributed by atoms with van der Waals surface area (Å²) in [6.45, 7) is 1.78. The van der Waals surface area contributed by atoms with Crippen LogP contribution in [0, 0.1) is 0 Å². The van der Waals surface area contributed by atoms with Crippen LogP contribution in [0.25, 0.3) is 0 Å². The van der Waals surface area contributed by atoms with Crippen LogP contribution in [0.1, 0.15) is 23.2 Å². The summed E-state index contributed by atoms with van der Waals surface area (Å²) in [5, 5.41) is 14.9. The first kappa shape index (κ1) is 15.9. The Morgan fingerprint density at radius 1 is 1.38 bits per heavy atom. The number of carbonyl (C=O) groups excluding carboxylic acids is 1. The molecule has 0 spiro atoms. The van der Waals surface area contributed by atoms with E-state index in [0.29, 0.717) is 10.2 Å². The second-order valence-corrected chi connectivity index (χ2v) is 5.66. The molecule has 1 saturated heterocycles. The molecule has 3 N–H and O–H groups in total. The first-order valence-electron chi connectivity index (χ1n) is 6.71. The molecule has 2 rings (SSSR count). The fourth-order valence-corrected chi connectivity index (χ4v) is 2.54. The maximum atomic E-state index is 11.8. The number of benzene rings is 1. The number of anilines is 1. The summed E-state index contributed by atoms with van der Waals surface area (Å²) in [5.41, 5.74) is 0.543. The molecular formula is C14H17BrN2O4. The van der Waals surface area contributed by atoms with Gasteiger partial charge in [-0.05, 0) is 60.1 Å². The lowest BCUT2D eigenvalue weighted by atomic mass is 10.1. The summed E-state index contributed by atoms with van der Waals surface area (Å²) in [7, 11) is 0. The van der Waals surface area contributed by atoms with Gasteiger partial charge in [0, 0.05) is 10.2 Å². The first-order chi connectivity index (χ1) is 10.1. The van der Waals surface area contributed by atoms with E-state index in [4.69, 9.17) is 9.84 Å². The molecule has 1 fully saturated rings. The van der Waals surface area contributed by atoms with Crippen LogP contribution in [0.15, 0.2) is 22.7 Å². The molecule has 0 radical (unpaired) electrons. The lowest BCUT2D eigenvalue weighted by Gasteiger charge is -2.22. The number of rotatable bonds is 5. The topological polar surface area (TPSA) is 87.7 Å². The second-order valence-electron chi connectivity index (χ2n) is 4.81. The van der Waals surface area contributed by atoms with Crippen molar-refractivity contribution < 1.29 is 19.4 Å². The molecule has 0 saturated carbocycles. The lowest BCUT2D eigenvalue weighted by molar-refractivity contribution is -0.123. The summed E-state index contributed by atoms with van der Waals surface area (Å²) < 4.78 is 6.01. The van der Waals surface area contributed by atoms with Crippen molar-refractivity contribution in [2.24, 2.45) is 0 Å². The van der Waals surface area contributed by atoms with E-state index in [9.17, 15) is 9.59 Å². The highest BCUT2D eigenvalue weighted by molar-refractivity contribution is 9.10. The molecule has 1 aliphatic rings. The van der Waals surface area contributed by atoms with Crippen LogP contribution in [-0.2, 0) is 9.53 Å². The minimum Gasteiger partial charge on any atom is -0.478 e. The number of hydrogen-bond donors (Lipinski definition) is 3. The zero-order chi connectivity index (χ0) is 15.2. The van der Waals surface area contributed by atoms with Gasteiger partial charge < -0.3 is 20.5 Å². The molecule has 1 amide bonds. The number of ether oxygens (including phenoxy) is 1. The summed E-state index contributed by atoms with van der Waals surface area (Å²) in [4.78, 5) is 22.8. The maximum Gasteiger partial charge on any atom is 0.336 e. The minimum absolute atomic E-state index is 0.0247. The van der Waals surface area contributed by atoms with E-state index in [-0.39, 0.29) is 24.2 Å². The molecule has 0 atom stereocenters. The Bertz CT molecular complexity index is 530. The van der Waals surface area contributed by atoms with Gasteiger partial charge >= 0.3 is 5.97 Å². The van der Waals surface area contributed by atoms with Crippen LogP contribution in [0.3, 0.4) is 0 Å². The molecule has 1 aromatic rings. The number of amides is 1. The predicted molar refractivity (Wildman–Crippen MR) is 81.6 cm³/mol. The molecule has 21 heavy (non-hydrogen) atoms. The van der Waals surface area contributed by atoms with Gasteiger partial charge in [-0.2, -0.15) is 0 Å². The Morgan fingerprint density at radius 2 is 2.10 bits per heavy atom. The molecule has 0 bridgehead atoms.